The van der Waals surface area contributed by atoms with Gasteiger partial charge in [0.1, 0.15) is 17.3 Å². The first-order valence-electron chi connectivity index (χ1n) is 8.67. The lowest BCUT2D eigenvalue weighted by molar-refractivity contribution is 0.0684. The van der Waals surface area contributed by atoms with E-state index in [9.17, 15) is 4.79 Å². The molecule has 1 aliphatic heterocycles. The molecule has 6 nitrogen and oxygen atoms in total. The summed E-state index contributed by atoms with van der Waals surface area (Å²) in [6, 6.07) is 9.85. The molecule has 0 aliphatic carbocycles. The van der Waals surface area contributed by atoms with Crippen molar-refractivity contribution < 1.29 is 4.79 Å². The maximum absolute atomic E-state index is 12.7. The Morgan fingerprint density at radius 3 is 2.68 bits per heavy atom. The van der Waals surface area contributed by atoms with Crippen molar-refractivity contribution >= 4 is 5.91 Å². The number of likely N-dealkylation sites (tertiary alicyclic amines) is 1. The molecule has 2 aromatic heterocycles. The molecule has 1 aromatic carbocycles. The number of carbonyl (C=O) groups is 1. The van der Waals surface area contributed by atoms with Crippen molar-refractivity contribution in [1.82, 2.24) is 24.8 Å². The average molecular weight is 335 g/mol. The zero-order chi connectivity index (χ0) is 17.1. The zero-order valence-corrected chi connectivity index (χ0v) is 14.0. The van der Waals surface area contributed by atoms with Gasteiger partial charge < -0.3 is 14.9 Å². The number of imidazole rings is 2. The summed E-state index contributed by atoms with van der Waals surface area (Å²) in [7, 11) is 0. The van der Waals surface area contributed by atoms with E-state index in [-0.39, 0.29) is 5.91 Å². The molecule has 6 heteroatoms. The van der Waals surface area contributed by atoms with Gasteiger partial charge in [-0.1, -0.05) is 30.3 Å². The van der Waals surface area contributed by atoms with Gasteiger partial charge in [0.15, 0.2) is 0 Å². The Morgan fingerprint density at radius 1 is 1.16 bits per heavy atom. The molecule has 0 unspecified atom stereocenters. The predicted octanol–water partition coefficient (Wildman–Crippen LogP) is 2.89. The molecule has 128 valence electrons. The highest BCUT2D eigenvalue weighted by Crippen LogP contribution is 2.22. The second-order valence-electron chi connectivity index (χ2n) is 6.49. The number of H-pyrrole nitrogens is 2. The number of rotatable bonds is 4. The van der Waals surface area contributed by atoms with Crippen LogP contribution in [-0.4, -0.2) is 43.8 Å². The predicted molar refractivity (Wildman–Crippen MR) is 94.9 cm³/mol. The van der Waals surface area contributed by atoms with E-state index in [1.165, 1.54) is 0 Å². The lowest BCUT2D eigenvalue weighted by Crippen LogP contribution is -2.39. The van der Waals surface area contributed by atoms with Crippen LogP contribution in [0.25, 0.3) is 11.4 Å². The minimum Gasteiger partial charge on any atom is -0.349 e. The fourth-order valence-electron chi connectivity index (χ4n) is 3.37. The van der Waals surface area contributed by atoms with Crippen LogP contribution in [0.4, 0.5) is 0 Å². The molecule has 4 rings (SSSR count). The van der Waals surface area contributed by atoms with Crippen molar-refractivity contribution in [2.45, 2.75) is 19.3 Å². The van der Waals surface area contributed by atoms with Gasteiger partial charge in [0.2, 0.25) is 0 Å². The third-order valence-corrected chi connectivity index (χ3v) is 4.79. The molecule has 3 heterocycles. The summed E-state index contributed by atoms with van der Waals surface area (Å²) >= 11 is 0. The van der Waals surface area contributed by atoms with Crippen molar-refractivity contribution in [2.24, 2.45) is 5.92 Å². The van der Waals surface area contributed by atoms with E-state index < -0.39 is 0 Å². The molecule has 1 saturated heterocycles. The highest BCUT2D eigenvalue weighted by Gasteiger charge is 2.25. The molecule has 1 fully saturated rings. The molecule has 1 amide bonds. The van der Waals surface area contributed by atoms with Gasteiger partial charge in [-0.05, 0) is 18.8 Å². The summed E-state index contributed by atoms with van der Waals surface area (Å²) in [6.45, 7) is 1.56. The molecule has 25 heavy (non-hydrogen) atoms. The van der Waals surface area contributed by atoms with Crippen LogP contribution in [0.2, 0.25) is 0 Å². The van der Waals surface area contributed by atoms with Crippen molar-refractivity contribution in [3.63, 3.8) is 0 Å². The number of nitrogens with zero attached hydrogens (tertiary/aromatic N) is 3. The van der Waals surface area contributed by atoms with Gasteiger partial charge in [-0.3, -0.25) is 4.79 Å². The summed E-state index contributed by atoms with van der Waals surface area (Å²) in [5, 5.41) is 0. The molecule has 0 spiro atoms. The summed E-state index contributed by atoms with van der Waals surface area (Å²) in [5.74, 6) is 2.38. The van der Waals surface area contributed by atoms with Crippen LogP contribution in [0.3, 0.4) is 0 Å². The van der Waals surface area contributed by atoms with Crippen molar-refractivity contribution in [3.8, 4) is 11.4 Å². The fraction of sp³-hybridized carbons (Fsp3) is 0.316. The van der Waals surface area contributed by atoms with Crippen LogP contribution >= 0.6 is 0 Å². The van der Waals surface area contributed by atoms with Crippen LogP contribution < -0.4 is 0 Å². The third kappa shape index (κ3) is 3.47. The maximum atomic E-state index is 12.7. The van der Waals surface area contributed by atoms with Gasteiger partial charge in [0, 0.05) is 37.5 Å². The number of nitrogens with one attached hydrogen (secondary N) is 2. The van der Waals surface area contributed by atoms with E-state index in [1.807, 2.05) is 41.4 Å². The smallest absolute Gasteiger partial charge is 0.271 e. The van der Waals surface area contributed by atoms with E-state index in [2.05, 4.69) is 19.9 Å². The molecule has 0 atom stereocenters. The van der Waals surface area contributed by atoms with Crippen LogP contribution in [0, 0.1) is 5.92 Å². The number of aromatic nitrogens is 4. The molecular formula is C19H21N5O. The number of carbonyl (C=O) groups excluding carboxylic acids is 1. The Morgan fingerprint density at radius 2 is 1.96 bits per heavy atom. The third-order valence-electron chi connectivity index (χ3n) is 4.79. The highest BCUT2D eigenvalue weighted by molar-refractivity contribution is 5.92. The first-order valence-corrected chi connectivity index (χ1v) is 8.67. The van der Waals surface area contributed by atoms with Gasteiger partial charge in [0.25, 0.3) is 5.91 Å². The van der Waals surface area contributed by atoms with Gasteiger partial charge in [-0.15, -0.1) is 0 Å². The number of benzene rings is 1. The van der Waals surface area contributed by atoms with Crippen molar-refractivity contribution in [2.75, 3.05) is 13.1 Å². The Labute approximate surface area is 146 Å². The SMILES string of the molecule is O=C(c1cnc(-c2ccccc2)[nH]1)N1CCC(Cc2ncc[nH]2)CC1. The molecular weight excluding hydrogens is 314 g/mol. The number of amides is 1. The van der Waals surface area contributed by atoms with Crippen LogP contribution in [0.5, 0.6) is 0 Å². The van der Waals surface area contributed by atoms with Gasteiger partial charge in [-0.25, -0.2) is 9.97 Å². The molecule has 0 radical (unpaired) electrons. The summed E-state index contributed by atoms with van der Waals surface area (Å²) in [4.78, 5) is 29.6. The largest absolute Gasteiger partial charge is 0.349 e. The van der Waals surface area contributed by atoms with E-state index in [4.69, 9.17) is 0 Å². The van der Waals surface area contributed by atoms with E-state index in [0.29, 0.717) is 11.6 Å². The minimum atomic E-state index is 0.0335. The molecule has 2 N–H and O–H groups in total. The highest BCUT2D eigenvalue weighted by atomic mass is 16.2. The Hall–Kier alpha value is -2.89. The molecule has 1 aliphatic rings. The fourth-order valence-corrected chi connectivity index (χ4v) is 3.37. The normalized spacial score (nSPS) is 15.4. The zero-order valence-electron chi connectivity index (χ0n) is 14.0. The first-order chi connectivity index (χ1) is 12.3. The molecule has 0 saturated carbocycles. The standard InChI is InChI=1S/C19H21N5O/c25-19(16-13-22-18(23-16)15-4-2-1-3-5-15)24-10-6-14(7-11-24)12-17-20-8-9-21-17/h1-5,8-9,13-14H,6-7,10-12H2,(H,20,21)(H,22,23). The van der Waals surface area contributed by atoms with Gasteiger partial charge in [0.05, 0.1) is 6.20 Å². The second kappa shape index (κ2) is 6.93. The lowest BCUT2D eigenvalue weighted by atomic mass is 9.93. The number of hydrogen-bond acceptors (Lipinski definition) is 3. The lowest BCUT2D eigenvalue weighted by Gasteiger charge is -2.31. The summed E-state index contributed by atoms with van der Waals surface area (Å²) < 4.78 is 0. The van der Waals surface area contributed by atoms with Crippen molar-refractivity contribution in [3.05, 3.63) is 60.4 Å². The quantitative estimate of drug-likeness (QED) is 0.769. The number of piperidine rings is 1. The average Bonchev–Trinajstić information content (AvgIpc) is 3.34. The van der Waals surface area contributed by atoms with E-state index >= 15 is 0 Å². The number of hydrogen-bond donors (Lipinski definition) is 2. The molecule has 0 bridgehead atoms. The Balaban J connectivity index is 1.37. The maximum Gasteiger partial charge on any atom is 0.271 e. The van der Waals surface area contributed by atoms with Crippen LogP contribution in [0.1, 0.15) is 29.2 Å². The van der Waals surface area contributed by atoms with Gasteiger partial charge in [-0.2, -0.15) is 0 Å². The summed E-state index contributed by atoms with van der Waals surface area (Å²) in [6.07, 6.45) is 8.25. The van der Waals surface area contributed by atoms with Crippen LogP contribution in [0.15, 0.2) is 48.9 Å². The topological polar surface area (TPSA) is 77.7 Å². The van der Waals surface area contributed by atoms with Gasteiger partial charge >= 0.3 is 0 Å². The second-order valence-corrected chi connectivity index (χ2v) is 6.49. The monoisotopic (exact) mass is 335 g/mol. The molecule has 3 aromatic rings. The Bertz CT molecular complexity index is 817. The number of aromatic amines is 2. The minimum absolute atomic E-state index is 0.0335. The van der Waals surface area contributed by atoms with Crippen LogP contribution in [-0.2, 0) is 6.42 Å². The first kappa shape index (κ1) is 15.6. The van der Waals surface area contributed by atoms with E-state index in [0.717, 1.165) is 49.6 Å². The summed E-state index contributed by atoms with van der Waals surface area (Å²) in [5.41, 5.74) is 1.54. The Kier molecular flexibility index (Phi) is 4.33. The van der Waals surface area contributed by atoms with Crippen molar-refractivity contribution in [1.29, 1.82) is 0 Å². The van der Waals surface area contributed by atoms with E-state index in [1.54, 1.807) is 12.4 Å².